The predicted octanol–water partition coefficient (Wildman–Crippen LogP) is 2.38. The first kappa shape index (κ1) is 13.7. The Kier molecular flexibility index (Phi) is 4.05. The van der Waals surface area contributed by atoms with Crippen LogP contribution in [0.1, 0.15) is 21.0 Å². The van der Waals surface area contributed by atoms with Crippen molar-refractivity contribution < 1.29 is 18.4 Å². The van der Waals surface area contributed by atoms with Crippen molar-refractivity contribution >= 4 is 11.6 Å². The molecule has 20 heavy (non-hydrogen) atoms. The van der Waals surface area contributed by atoms with Crippen molar-refractivity contribution in [3.63, 3.8) is 0 Å². The van der Waals surface area contributed by atoms with E-state index < -0.39 is 23.2 Å². The molecule has 0 N–H and O–H groups in total. The van der Waals surface area contributed by atoms with Gasteiger partial charge < -0.3 is 0 Å². The second-order valence-electron chi connectivity index (χ2n) is 3.79. The van der Waals surface area contributed by atoms with Gasteiger partial charge in [0.15, 0.2) is 0 Å². The highest BCUT2D eigenvalue weighted by atomic mass is 19.1. The zero-order valence-electron chi connectivity index (χ0n) is 10.1. The summed E-state index contributed by atoms with van der Waals surface area (Å²) in [5.41, 5.74) is 0.0324. The Hall–Kier alpha value is -2.76. The summed E-state index contributed by atoms with van der Waals surface area (Å²) in [7, 11) is 0. The molecule has 0 radical (unpaired) electrons. The number of ketones is 2. The van der Waals surface area contributed by atoms with Gasteiger partial charge in [0.05, 0.1) is 12.4 Å². The Balaban J connectivity index is 2.09. The normalized spacial score (nSPS) is 10.7. The highest BCUT2D eigenvalue weighted by Crippen LogP contribution is 2.03. The van der Waals surface area contributed by atoms with E-state index in [0.717, 1.165) is 36.7 Å². The predicted molar refractivity (Wildman–Crippen MR) is 66.2 cm³/mol. The van der Waals surface area contributed by atoms with Crippen LogP contribution in [0.3, 0.4) is 0 Å². The molecule has 0 bridgehead atoms. The summed E-state index contributed by atoms with van der Waals surface area (Å²) < 4.78 is 25.3. The van der Waals surface area contributed by atoms with Gasteiger partial charge in [0.2, 0.25) is 11.6 Å². The third kappa shape index (κ3) is 3.38. The Morgan fingerprint density at radius 1 is 0.800 bits per heavy atom. The van der Waals surface area contributed by atoms with Gasteiger partial charge in [0.1, 0.15) is 23.0 Å². The second-order valence-corrected chi connectivity index (χ2v) is 3.79. The Morgan fingerprint density at radius 2 is 1.20 bits per heavy atom. The van der Waals surface area contributed by atoms with Crippen molar-refractivity contribution in [1.82, 2.24) is 9.97 Å². The van der Waals surface area contributed by atoms with E-state index in [9.17, 15) is 18.4 Å². The van der Waals surface area contributed by atoms with Crippen molar-refractivity contribution in [3.05, 3.63) is 71.8 Å². The molecule has 0 saturated carbocycles. The molecule has 0 spiro atoms. The molecular weight excluding hydrogens is 266 g/mol. The molecule has 0 atom stereocenters. The molecule has 0 saturated heterocycles. The molecule has 0 amide bonds. The molecule has 6 heteroatoms. The third-order valence-electron chi connectivity index (χ3n) is 2.35. The fraction of sp³-hybridized carbons (Fsp3) is 0. The Morgan fingerprint density at radius 3 is 1.50 bits per heavy atom. The van der Waals surface area contributed by atoms with Gasteiger partial charge in [-0.05, 0) is 36.4 Å². The summed E-state index contributed by atoms with van der Waals surface area (Å²) in [6.07, 6.45) is 3.83. The summed E-state index contributed by atoms with van der Waals surface area (Å²) in [5, 5.41) is 0. The minimum absolute atomic E-state index is 0.0162. The lowest BCUT2D eigenvalue weighted by atomic mass is 10.2. The first-order chi connectivity index (χ1) is 9.56. The van der Waals surface area contributed by atoms with E-state index in [2.05, 4.69) is 9.97 Å². The monoisotopic (exact) mass is 274 g/mol. The molecule has 4 nitrogen and oxygen atoms in total. The molecule has 0 aliphatic rings. The molecule has 2 aromatic rings. The van der Waals surface area contributed by atoms with Crippen molar-refractivity contribution in [3.8, 4) is 0 Å². The molecule has 0 aliphatic heterocycles. The van der Waals surface area contributed by atoms with E-state index in [4.69, 9.17) is 0 Å². The van der Waals surface area contributed by atoms with Gasteiger partial charge >= 0.3 is 0 Å². The van der Waals surface area contributed by atoms with Crippen molar-refractivity contribution in [2.75, 3.05) is 0 Å². The highest BCUT2D eigenvalue weighted by molar-refractivity contribution is 6.10. The molecule has 2 rings (SSSR count). The molecule has 0 aliphatic carbocycles. The van der Waals surface area contributed by atoms with Crippen LogP contribution in [0.4, 0.5) is 8.78 Å². The highest BCUT2D eigenvalue weighted by Gasteiger charge is 2.07. The number of allylic oxidation sites excluding steroid dienone is 2. The average Bonchev–Trinajstić information content (AvgIpc) is 2.46. The van der Waals surface area contributed by atoms with E-state index in [1.807, 2.05) is 0 Å². The SMILES string of the molecule is O=C(C=CC(=O)c1ccc(F)cn1)c1ccc(F)cn1. The Bertz CT molecular complexity index is 605. The van der Waals surface area contributed by atoms with Crippen LogP contribution in [0, 0.1) is 11.6 Å². The number of rotatable bonds is 4. The lowest BCUT2D eigenvalue weighted by Gasteiger charge is -1.95. The van der Waals surface area contributed by atoms with Gasteiger partial charge in [-0.25, -0.2) is 18.7 Å². The molecule has 0 unspecified atom stereocenters. The first-order valence-electron chi connectivity index (χ1n) is 5.56. The summed E-state index contributed by atoms with van der Waals surface area (Å²) in [6, 6.07) is 4.61. The van der Waals surface area contributed by atoms with Crippen LogP contribution in [-0.4, -0.2) is 21.5 Å². The van der Waals surface area contributed by atoms with Gasteiger partial charge in [-0.15, -0.1) is 0 Å². The molecule has 0 aromatic carbocycles. The number of halogens is 2. The molecular formula is C14H8F2N2O2. The van der Waals surface area contributed by atoms with Crippen LogP contribution in [0.15, 0.2) is 48.8 Å². The minimum atomic E-state index is -0.558. The zero-order chi connectivity index (χ0) is 14.5. The number of pyridine rings is 2. The van der Waals surface area contributed by atoms with Crippen molar-refractivity contribution in [1.29, 1.82) is 0 Å². The number of carbonyl (C=O) groups is 2. The quantitative estimate of drug-likeness (QED) is 0.634. The Labute approximate surface area is 112 Å². The lowest BCUT2D eigenvalue weighted by Crippen LogP contribution is -2.02. The standard InChI is InChI=1S/C14H8F2N2O2/c15-9-1-3-11(17-7-9)13(19)5-6-14(20)12-4-2-10(16)8-18-12/h1-8H. The minimum Gasteiger partial charge on any atom is -0.288 e. The molecule has 0 fully saturated rings. The van der Waals surface area contributed by atoms with E-state index >= 15 is 0 Å². The largest absolute Gasteiger partial charge is 0.288 e. The van der Waals surface area contributed by atoms with Crippen LogP contribution in [0.25, 0.3) is 0 Å². The zero-order valence-corrected chi connectivity index (χ0v) is 10.1. The maximum atomic E-state index is 12.6. The van der Waals surface area contributed by atoms with Crippen molar-refractivity contribution in [2.45, 2.75) is 0 Å². The van der Waals surface area contributed by atoms with E-state index in [-0.39, 0.29) is 11.4 Å². The number of carbonyl (C=O) groups excluding carboxylic acids is 2. The van der Waals surface area contributed by atoms with Gasteiger partial charge in [-0.1, -0.05) is 0 Å². The number of hydrogen-bond acceptors (Lipinski definition) is 4. The smallest absolute Gasteiger partial charge is 0.204 e. The van der Waals surface area contributed by atoms with Crippen LogP contribution in [-0.2, 0) is 0 Å². The fourth-order valence-electron chi connectivity index (χ4n) is 1.37. The number of hydrogen-bond donors (Lipinski definition) is 0. The van der Waals surface area contributed by atoms with Crippen LogP contribution < -0.4 is 0 Å². The maximum Gasteiger partial charge on any atom is 0.204 e. The van der Waals surface area contributed by atoms with Crippen LogP contribution in [0.2, 0.25) is 0 Å². The second kappa shape index (κ2) is 5.92. The summed E-state index contributed by atoms with van der Waals surface area (Å²) in [4.78, 5) is 30.5. The number of nitrogens with zero attached hydrogens (tertiary/aromatic N) is 2. The maximum absolute atomic E-state index is 12.6. The first-order valence-corrected chi connectivity index (χ1v) is 5.56. The fourth-order valence-corrected chi connectivity index (χ4v) is 1.37. The van der Waals surface area contributed by atoms with E-state index in [0.29, 0.717) is 0 Å². The molecule has 2 heterocycles. The average molecular weight is 274 g/mol. The van der Waals surface area contributed by atoms with Gasteiger partial charge in [-0.2, -0.15) is 0 Å². The van der Waals surface area contributed by atoms with Gasteiger partial charge in [-0.3, -0.25) is 9.59 Å². The molecule has 2 aromatic heterocycles. The summed E-state index contributed by atoms with van der Waals surface area (Å²) >= 11 is 0. The van der Waals surface area contributed by atoms with Crippen LogP contribution >= 0.6 is 0 Å². The van der Waals surface area contributed by atoms with Gasteiger partial charge in [0.25, 0.3) is 0 Å². The summed E-state index contributed by atoms with van der Waals surface area (Å²) in [5.74, 6) is -2.20. The van der Waals surface area contributed by atoms with E-state index in [1.54, 1.807) is 0 Å². The summed E-state index contributed by atoms with van der Waals surface area (Å²) in [6.45, 7) is 0. The topological polar surface area (TPSA) is 59.9 Å². The number of aromatic nitrogens is 2. The third-order valence-corrected chi connectivity index (χ3v) is 2.35. The van der Waals surface area contributed by atoms with E-state index in [1.165, 1.54) is 12.1 Å². The van der Waals surface area contributed by atoms with Crippen molar-refractivity contribution in [2.24, 2.45) is 0 Å². The molecule has 100 valence electrons. The van der Waals surface area contributed by atoms with Crippen LogP contribution in [0.5, 0.6) is 0 Å². The van der Waals surface area contributed by atoms with Gasteiger partial charge in [0, 0.05) is 0 Å². The lowest BCUT2D eigenvalue weighted by molar-refractivity contribution is 0.101.